The molecule has 150 valence electrons. The zero-order valence-corrected chi connectivity index (χ0v) is 16.1. The molecule has 1 atom stereocenters. The zero-order chi connectivity index (χ0) is 20.0. The molecule has 1 aromatic carbocycles. The van der Waals surface area contributed by atoms with E-state index in [0.717, 1.165) is 29.7 Å². The second kappa shape index (κ2) is 9.11. The van der Waals surface area contributed by atoms with Gasteiger partial charge in [0.1, 0.15) is 6.04 Å². The first-order valence-corrected chi connectivity index (χ1v) is 10.4. The molecule has 1 aliphatic rings. The van der Waals surface area contributed by atoms with Crippen molar-refractivity contribution in [1.29, 1.82) is 0 Å². The number of morpholine rings is 1. The number of anilines is 1. The fraction of sp³-hybridized carbons (Fsp3) is 0.562. The van der Waals surface area contributed by atoms with Crippen molar-refractivity contribution >= 4 is 27.3 Å². The number of nitro benzene ring substituents is 1. The van der Waals surface area contributed by atoms with Crippen LogP contribution in [0, 0.1) is 10.1 Å². The molecule has 1 aliphatic heterocycles. The normalized spacial score (nSPS) is 16.5. The number of benzene rings is 1. The third-order valence-corrected chi connectivity index (χ3v) is 5.46. The fourth-order valence-electron chi connectivity index (χ4n) is 2.86. The van der Waals surface area contributed by atoms with E-state index in [2.05, 4.69) is 10.2 Å². The van der Waals surface area contributed by atoms with Crippen LogP contribution in [-0.2, 0) is 19.6 Å². The molecule has 11 heteroatoms. The minimum Gasteiger partial charge on any atom is -0.379 e. The maximum atomic E-state index is 12.5. The number of nitro groups is 1. The van der Waals surface area contributed by atoms with Crippen LogP contribution in [0.3, 0.4) is 0 Å². The molecule has 0 aliphatic carbocycles. The summed E-state index contributed by atoms with van der Waals surface area (Å²) in [6, 6.07) is 4.15. The summed E-state index contributed by atoms with van der Waals surface area (Å²) in [5.41, 5.74) is -0.177. The molecule has 0 unspecified atom stereocenters. The van der Waals surface area contributed by atoms with E-state index in [9.17, 15) is 23.3 Å². The van der Waals surface area contributed by atoms with Gasteiger partial charge >= 0.3 is 0 Å². The van der Waals surface area contributed by atoms with Gasteiger partial charge in [0, 0.05) is 38.3 Å². The van der Waals surface area contributed by atoms with Crippen molar-refractivity contribution in [3.63, 3.8) is 0 Å². The van der Waals surface area contributed by atoms with E-state index in [4.69, 9.17) is 4.74 Å². The van der Waals surface area contributed by atoms with Gasteiger partial charge in [-0.2, -0.15) is 0 Å². The van der Waals surface area contributed by atoms with E-state index in [1.165, 1.54) is 25.1 Å². The van der Waals surface area contributed by atoms with E-state index in [-0.39, 0.29) is 11.4 Å². The number of nitrogens with one attached hydrogen (secondary N) is 1. The van der Waals surface area contributed by atoms with Gasteiger partial charge < -0.3 is 10.1 Å². The summed E-state index contributed by atoms with van der Waals surface area (Å²) in [4.78, 5) is 25.0. The highest BCUT2D eigenvalue weighted by molar-refractivity contribution is 7.92. The monoisotopic (exact) mass is 400 g/mol. The van der Waals surface area contributed by atoms with Crippen molar-refractivity contribution in [2.45, 2.75) is 13.0 Å². The Kier molecular flexibility index (Phi) is 7.11. The summed E-state index contributed by atoms with van der Waals surface area (Å²) in [5.74, 6) is -0.472. The number of non-ortho nitro benzene ring substituents is 1. The fourth-order valence-corrected chi connectivity index (χ4v) is 4.03. The zero-order valence-electron chi connectivity index (χ0n) is 15.3. The summed E-state index contributed by atoms with van der Waals surface area (Å²) >= 11 is 0. The molecule has 0 saturated carbocycles. The molecule has 0 aromatic heterocycles. The average Bonchev–Trinajstić information content (AvgIpc) is 2.61. The Morgan fingerprint density at radius 2 is 2.07 bits per heavy atom. The summed E-state index contributed by atoms with van der Waals surface area (Å²) in [6.45, 7) is 5.33. The number of rotatable bonds is 8. The summed E-state index contributed by atoms with van der Waals surface area (Å²) < 4.78 is 30.6. The minimum atomic E-state index is -3.83. The number of sulfonamides is 1. The van der Waals surface area contributed by atoms with Gasteiger partial charge in [-0.1, -0.05) is 6.07 Å². The van der Waals surface area contributed by atoms with Crippen LogP contribution in [0.5, 0.6) is 0 Å². The lowest BCUT2D eigenvalue weighted by atomic mass is 10.2. The van der Waals surface area contributed by atoms with E-state index in [1.54, 1.807) is 0 Å². The Hall–Kier alpha value is -2.24. The van der Waals surface area contributed by atoms with Crippen molar-refractivity contribution in [1.82, 2.24) is 10.2 Å². The number of amides is 1. The van der Waals surface area contributed by atoms with Gasteiger partial charge in [-0.15, -0.1) is 0 Å². The van der Waals surface area contributed by atoms with Gasteiger partial charge in [0.25, 0.3) is 5.69 Å². The number of hydrogen-bond acceptors (Lipinski definition) is 7. The first kappa shape index (κ1) is 21.1. The maximum Gasteiger partial charge on any atom is 0.271 e. The number of carbonyl (C=O) groups is 1. The van der Waals surface area contributed by atoms with E-state index in [0.29, 0.717) is 26.3 Å². The highest BCUT2D eigenvalue weighted by atomic mass is 32.2. The molecule has 1 N–H and O–H groups in total. The third-order valence-electron chi connectivity index (χ3n) is 4.21. The predicted octanol–water partition coefficient (Wildman–Crippen LogP) is 0.198. The summed E-state index contributed by atoms with van der Waals surface area (Å²) in [6.07, 6.45) is 0.962. The average molecular weight is 400 g/mol. The molecular formula is C16H24N4O6S. The molecular weight excluding hydrogens is 376 g/mol. The Morgan fingerprint density at radius 1 is 1.41 bits per heavy atom. The van der Waals surface area contributed by atoms with Crippen LogP contribution >= 0.6 is 0 Å². The van der Waals surface area contributed by atoms with Crippen LogP contribution in [0.2, 0.25) is 0 Å². The first-order chi connectivity index (χ1) is 12.7. The predicted molar refractivity (Wildman–Crippen MR) is 100 cm³/mol. The topological polar surface area (TPSA) is 122 Å². The number of carbonyl (C=O) groups excluding carboxylic acids is 1. The second-order valence-electron chi connectivity index (χ2n) is 6.26. The highest BCUT2D eigenvalue weighted by Crippen LogP contribution is 2.25. The molecule has 0 spiro atoms. The standard InChI is InChI=1S/C16H24N4O6S/c1-13(16(21)17-6-7-18-8-10-26-11-9-18)19(27(2,24)25)14-4-3-5-15(12-14)20(22)23/h3-5,12-13H,6-11H2,1-2H3,(H,17,21)/t13-/m1/s1. The Bertz CT molecular complexity index is 779. The van der Waals surface area contributed by atoms with Gasteiger partial charge in [-0.3, -0.25) is 24.1 Å². The van der Waals surface area contributed by atoms with Gasteiger partial charge in [-0.05, 0) is 13.0 Å². The molecule has 1 heterocycles. The Morgan fingerprint density at radius 3 is 2.67 bits per heavy atom. The molecule has 0 bridgehead atoms. The van der Waals surface area contributed by atoms with Crippen LogP contribution in [0.4, 0.5) is 11.4 Å². The molecule has 2 rings (SSSR count). The van der Waals surface area contributed by atoms with E-state index in [1.807, 2.05) is 0 Å². The van der Waals surface area contributed by atoms with Crippen molar-refractivity contribution in [3.05, 3.63) is 34.4 Å². The number of hydrogen-bond donors (Lipinski definition) is 1. The van der Waals surface area contributed by atoms with Crippen molar-refractivity contribution < 1.29 is 22.9 Å². The lowest BCUT2D eigenvalue weighted by Crippen LogP contribution is -2.49. The van der Waals surface area contributed by atoms with Gasteiger partial charge in [-0.25, -0.2) is 8.42 Å². The number of nitrogens with zero attached hydrogens (tertiary/aromatic N) is 3. The minimum absolute atomic E-state index is 0.0718. The van der Waals surface area contributed by atoms with Crippen molar-refractivity contribution in [2.24, 2.45) is 0 Å². The van der Waals surface area contributed by atoms with Gasteiger partial charge in [0.15, 0.2) is 0 Å². The van der Waals surface area contributed by atoms with E-state index < -0.39 is 26.9 Å². The van der Waals surface area contributed by atoms with Crippen molar-refractivity contribution in [2.75, 3.05) is 50.0 Å². The molecule has 1 saturated heterocycles. The third kappa shape index (κ3) is 5.88. The highest BCUT2D eigenvalue weighted by Gasteiger charge is 2.30. The van der Waals surface area contributed by atoms with E-state index >= 15 is 0 Å². The molecule has 10 nitrogen and oxygen atoms in total. The lowest BCUT2D eigenvalue weighted by molar-refractivity contribution is -0.384. The molecule has 27 heavy (non-hydrogen) atoms. The molecule has 1 aromatic rings. The number of ether oxygens (including phenoxy) is 1. The largest absolute Gasteiger partial charge is 0.379 e. The van der Waals surface area contributed by atoms with Crippen LogP contribution < -0.4 is 9.62 Å². The lowest BCUT2D eigenvalue weighted by Gasteiger charge is -2.29. The van der Waals surface area contributed by atoms with Crippen LogP contribution in [-0.4, -0.2) is 75.8 Å². The molecule has 1 amide bonds. The summed E-state index contributed by atoms with van der Waals surface area (Å²) in [5, 5.41) is 13.7. The summed E-state index contributed by atoms with van der Waals surface area (Å²) in [7, 11) is -3.83. The van der Waals surface area contributed by atoms with Gasteiger partial charge in [0.2, 0.25) is 15.9 Å². The SMILES string of the molecule is C[C@H](C(=O)NCCN1CCOCC1)N(c1cccc([N+](=O)[O-])c1)S(C)(=O)=O. The second-order valence-corrected chi connectivity index (χ2v) is 8.12. The molecule has 1 fully saturated rings. The Labute approximate surface area is 158 Å². The van der Waals surface area contributed by atoms with Crippen LogP contribution in [0.1, 0.15) is 6.92 Å². The van der Waals surface area contributed by atoms with Crippen LogP contribution in [0.25, 0.3) is 0 Å². The van der Waals surface area contributed by atoms with Gasteiger partial charge in [0.05, 0.1) is 30.1 Å². The van der Waals surface area contributed by atoms with Crippen LogP contribution in [0.15, 0.2) is 24.3 Å². The van der Waals surface area contributed by atoms with Crippen molar-refractivity contribution in [3.8, 4) is 0 Å². The first-order valence-electron chi connectivity index (χ1n) is 8.52. The quantitative estimate of drug-likeness (QED) is 0.488. The maximum absolute atomic E-state index is 12.5. The smallest absolute Gasteiger partial charge is 0.271 e. The Balaban J connectivity index is 2.08. The molecule has 0 radical (unpaired) electrons.